The average molecular weight is 150 g/mol. The van der Waals surface area contributed by atoms with Crippen LogP contribution in [0.3, 0.4) is 0 Å². The van der Waals surface area contributed by atoms with Crippen molar-refractivity contribution in [2.45, 2.75) is 6.04 Å². The molecular weight excluding hydrogens is 140 g/mol. The third-order valence-electron chi connectivity index (χ3n) is 1.39. The molecule has 0 aliphatic carbocycles. The lowest BCUT2D eigenvalue weighted by molar-refractivity contribution is 0.461. The first-order valence-electron chi connectivity index (χ1n) is 3.27. The van der Waals surface area contributed by atoms with Crippen LogP contribution in [0.15, 0.2) is 31.0 Å². The Bertz CT molecular complexity index is 260. The fraction of sp³-hybridized carbons (Fsp3) is 0.125. The fourth-order valence-corrected chi connectivity index (χ4v) is 0.777. The standard InChI is InChI=1S/C8H10N2O/c1-2-6(9)8-7(11)4-3-5-10-8/h2-6,11H,1,9H2/t6-/m1/s1. The SMILES string of the molecule is C=C[C@@H](N)c1ncccc1O. The summed E-state index contributed by atoms with van der Waals surface area (Å²) in [5, 5.41) is 9.22. The van der Waals surface area contributed by atoms with Gasteiger partial charge >= 0.3 is 0 Å². The summed E-state index contributed by atoms with van der Waals surface area (Å²) < 4.78 is 0. The number of pyridine rings is 1. The minimum atomic E-state index is -0.392. The highest BCUT2D eigenvalue weighted by Gasteiger charge is 2.06. The van der Waals surface area contributed by atoms with E-state index in [-0.39, 0.29) is 5.75 Å². The lowest BCUT2D eigenvalue weighted by atomic mass is 10.2. The van der Waals surface area contributed by atoms with Gasteiger partial charge in [0.1, 0.15) is 11.4 Å². The topological polar surface area (TPSA) is 59.1 Å². The van der Waals surface area contributed by atoms with Gasteiger partial charge in [0.2, 0.25) is 0 Å². The number of hydrogen-bond donors (Lipinski definition) is 2. The van der Waals surface area contributed by atoms with Crippen LogP contribution in [-0.2, 0) is 0 Å². The van der Waals surface area contributed by atoms with Crippen molar-refractivity contribution in [2.24, 2.45) is 5.73 Å². The molecule has 1 aromatic rings. The highest BCUT2D eigenvalue weighted by molar-refractivity contribution is 5.29. The number of aromatic nitrogens is 1. The summed E-state index contributed by atoms with van der Waals surface area (Å²) in [5.74, 6) is 0.111. The first kappa shape index (κ1) is 7.75. The van der Waals surface area contributed by atoms with E-state index in [1.54, 1.807) is 18.3 Å². The predicted octanol–water partition coefficient (Wildman–Crippen LogP) is 0.973. The van der Waals surface area contributed by atoms with Gasteiger partial charge in [-0.05, 0) is 12.1 Å². The van der Waals surface area contributed by atoms with Gasteiger partial charge < -0.3 is 10.8 Å². The Morgan fingerprint density at radius 2 is 2.45 bits per heavy atom. The van der Waals surface area contributed by atoms with Gasteiger partial charge in [0, 0.05) is 6.20 Å². The Morgan fingerprint density at radius 3 is 3.00 bits per heavy atom. The van der Waals surface area contributed by atoms with Crippen molar-refractivity contribution >= 4 is 0 Å². The average Bonchev–Trinajstić information content (AvgIpc) is 2.04. The molecule has 0 saturated heterocycles. The van der Waals surface area contributed by atoms with Crippen LogP contribution in [0.1, 0.15) is 11.7 Å². The van der Waals surface area contributed by atoms with E-state index in [0.717, 1.165) is 0 Å². The summed E-state index contributed by atoms with van der Waals surface area (Å²) in [6.07, 6.45) is 3.11. The van der Waals surface area contributed by atoms with E-state index < -0.39 is 6.04 Å². The highest BCUT2D eigenvalue weighted by Crippen LogP contribution is 2.18. The molecule has 0 amide bonds. The quantitative estimate of drug-likeness (QED) is 0.617. The Labute approximate surface area is 65.2 Å². The second-order valence-corrected chi connectivity index (χ2v) is 2.17. The van der Waals surface area contributed by atoms with E-state index in [4.69, 9.17) is 5.73 Å². The van der Waals surface area contributed by atoms with Gasteiger partial charge in [0.05, 0.1) is 6.04 Å². The summed E-state index contributed by atoms with van der Waals surface area (Å²) in [6.45, 7) is 3.50. The Balaban J connectivity index is 3.02. The zero-order valence-electron chi connectivity index (χ0n) is 6.07. The predicted molar refractivity (Wildman–Crippen MR) is 43.0 cm³/mol. The maximum atomic E-state index is 9.22. The van der Waals surface area contributed by atoms with Crippen LogP contribution < -0.4 is 5.73 Å². The molecule has 0 unspecified atom stereocenters. The van der Waals surface area contributed by atoms with Gasteiger partial charge in [0.15, 0.2) is 0 Å². The van der Waals surface area contributed by atoms with Gasteiger partial charge in [-0.3, -0.25) is 4.98 Å². The molecule has 0 fully saturated rings. The number of hydrogen-bond acceptors (Lipinski definition) is 3. The lowest BCUT2D eigenvalue weighted by Crippen LogP contribution is -2.08. The van der Waals surface area contributed by atoms with Crippen LogP contribution in [0.4, 0.5) is 0 Å². The lowest BCUT2D eigenvalue weighted by Gasteiger charge is -2.05. The van der Waals surface area contributed by atoms with E-state index in [1.165, 1.54) is 6.08 Å². The molecule has 0 saturated carbocycles. The second kappa shape index (κ2) is 3.16. The third-order valence-corrected chi connectivity index (χ3v) is 1.39. The number of nitrogens with zero attached hydrogens (tertiary/aromatic N) is 1. The van der Waals surface area contributed by atoms with E-state index in [1.807, 2.05) is 0 Å². The van der Waals surface area contributed by atoms with Gasteiger partial charge in [0.25, 0.3) is 0 Å². The fourth-order valence-electron chi connectivity index (χ4n) is 0.777. The number of rotatable bonds is 2. The number of nitrogens with two attached hydrogens (primary N) is 1. The van der Waals surface area contributed by atoms with E-state index in [9.17, 15) is 5.11 Å². The zero-order chi connectivity index (χ0) is 8.27. The Hall–Kier alpha value is -1.35. The molecule has 11 heavy (non-hydrogen) atoms. The molecule has 0 radical (unpaired) electrons. The van der Waals surface area contributed by atoms with Gasteiger partial charge in [-0.1, -0.05) is 6.08 Å². The molecule has 1 aromatic heterocycles. The minimum absolute atomic E-state index is 0.111. The molecule has 0 spiro atoms. The summed E-state index contributed by atoms with van der Waals surface area (Å²) >= 11 is 0. The maximum absolute atomic E-state index is 9.22. The van der Waals surface area contributed by atoms with E-state index in [0.29, 0.717) is 5.69 Å². The number of aromatic hydroxyl groups is 1. The van der Waals surface area contributed by atoms with Crippen molar-refractivity contribution in [3.05, 3.63) is 36.7 Å². The van der Waals surface area contributed by atoms with Crippen molar-refractivity contribution in [3.8, 4) is 5.75 Å². The van der Waals surface area contributed by atoms with E-state index >= 15 is 0 Å². The molecule has 1 rings (SSSR count). The monoisotopic (exact) mass is 150 g/mol. The molecule has 0 aliphatic rings. The molecular formula is C8H10N2O. The van der Waals surface area contributed by atoms with Gasteiger partial charge in [-0.15, -0.1) is 6.58 Å². The molecule has 0 aromatic carbocycles. The van der Waals surface area contributed by atoms with Crippen molar-refractivity contribution < 1.29 is 5.11 Å². The third kappa shape index (κ3) is 1.56. The Kier molecular flexibility index (Phi) is 2.23. The van der Waals surface area contributed by atoms with Crippen molar-refractivity contribution in [1.29, 1.82) is 0 Å². The Morgan fingerprint density at radius 1 is 1.73 bits per heavy atom. The molecule has 3 nitrogen and oxygen atoms in total. The summed E-state index contributed by atoms with van der Waals surface area (Å²) in [6, 6.07) is 2.80. The van der Waals surface area contributed by atoms with Crippen molar-refractivity contribution in [3.63, 3.8) is 0 Å². The largest absolute Gasteiger partial charge is 0.506 e. The molecule has 3 N–H and O–H groups in total. The minimum Gasteiger partial charge on any atom is -0.506 e. The van der Waals surface area contributed by atoms with Crippen molar-refractivity contribution in [1.82, 2.24) is 4.98 Å². The summed E-state index contributed by atoms with van der Waals surface area (Å²) in [5.41, 5.74) is 6.02. The van der Waals surface area contributed by atoms with Crippen LogP contribution in [0, 0.1) is 0 Å². The first-order valence-corrected chi connectivity index (χ1v) is 3.27. The van der Waals surface area contributed by atoms with Crippen LogP contribution >= 0.6 is 0 Å². The summed E-state index contributed by atoms with van der Waals surface area (Å²) in [4.78, 5) is 3.90. The van der Waals surface area contributed by atoms with Crippen LogP contribution in [-0.4, -0.2) is 10.1 Å². The molecule has 0 bridgehead atoms. The molecule has 58 valence electrons. The first-order chi connectivity index (χ1) is 5.25. The van der Waals surface area contributed by atoms with E-state index in [2.05, 4.69) is 11.6 Å². The van der Waals surface area contributed by atoms with Gasteiger partial charge in [-0.25, -0.2) is 0 Å². The normalized spacial score (nSPS) is 12.5. The molecule has 1 heterocycles. The molecule has 3 heteroatoms. The van der Waals surface area contributed by atoms with Crippen molar-refractivity contribution in [2.75, 3.05) is 0 Å². The smallest absolute Gasteiger partial charge is 0.139 e. The molecule has 0 aliphatic heterocycles. The van der Waals surface area contributed by atoms with Gasteiger partial charge in [-0.2, -0.15) is 0 Å². The second-order valence-electron chi connectivity index (χ2n) is 2.17. The van der Waals surface area contributed by atoms with Crippen LogP contribution in [0.2, 0.25) is 0 Å². The van der Waals surface area contributed by atoms with Crippen LogP contribution in [0.5, 0.6) is 5.75 Å². The summed E-state index contributed by atoms with van der Waals surface area (Å²) in [7, 11) is 0. The zero-order valence-corrected chi connectivity index (χ0v) is 6.07. The maximum Gasteiger partial charge on any atom is 0.139 e. The highest BCUT2D eigenvalue weighted by atomic mass is 16.3. The molecule has 1 atom stereocenters. The van der Waals surface area contributed by atoms with Crippen LogP contribution in [0.25, 0.3) is 0 Å².